The van der Waals surface area contributed by atoms with Crippen molar-refractivity contribution in [3.05, 3.63) is 30.1 Å². The highest BCUT2D eigenvalue weighted by Gasteiger charge is 2.42. The summed E-state index contributed by atoms with van der Waals surface area (Å²) in [5.41, 5.74) is 1.71. The Labute approximate surface area is 122 Å². The monoisotopic (exact) mass is 326 g/mol. The third kappa shape index (κ3) is 3.11. The van der Waals surface area contributed by atoms with Crippen LogP contribution in [-0.2, 0) is 0 Å². The molecule has 4 heteroatoms. The van der Waals surface area contributed by atoms with Gasteiger partial charge in [-0.3, -0.25) is 4.90 Å². The van der Waals surface area contributed by atoms with Crippen molar-refractivity contribution in [1.82, 2.24) is 4.90 Å². The zero-order valence-electron chi connectivity index (χ0n) is 11.1. The number of hydrogen-bond donors (Lipinski definition) is 0. The lowest BCUT2D eigenvalue weighted by Crippen LogP contribution is -2.48. The molecule has 1 aromatic rings. The van der Waals surface area contributed by atoms with Gasteiger partial charge in [0.05, 0.1) is 0 Å². The van der Waals surface area contributed by atoms with Crippen LogP contribution in [0.5, 0.6) is 0 Å². The Morgan fingerprint density at radius 1 is 1.05 bits per heavy atom. The summed E-state index contributed by atoms with van der Waals surface area (Å²) in [5.74, 6) is -0.157. The zero-order valence-corrected chi connectivity index (χ0v) is 12.7. The normalized spacial score (nSPS) is 22.5. The summed E-state index contributed by atoms with van der Waals surface area (Å²) in [5, 5.41) is 1.14. The average Bonchev–Trinajstić information content (AvgIpc) is 3.21. The van der Waals surface area contributed by atoms with Crippen molar-refractivity contribution >= 4 is 21.6 Å². The van der Waals surface area contributed by atoms with Crippen LogP contribution in [0.2, 0.25) is 0 Å². The van der Waals surface area contributed by atoms with E-state index in [2.05, 4.69) is 25.7 Å². The molecule has 1 aliphatic carbocycles. The van der Waals surface area contributed by atoms with Crippen molar-refractivity contribution in [2.24, 2.45) is 5.41 Å². The quantitative estimate of drug-likeness (QED) is 0.784. The topological polar surface area (TPSA) is 6.48 Å². The van der Waals surface area contributed by atoms with Gasteiger partial charge in [0.15, 0.2) is 0 Å². The van der Waals surface area contributed by atoms with E-state index >= 15 is 0 Å². The second-order valence-corrected chi connectivity index (χ2v) is 6.43. The van der Waals surface area contributed by atoms with E-state index in [1.165, 1.54) is 19.4 Å². The third-order valence-corrected chi connectivity index (χ3v) is 5.55. The van der Waals surface area contributed by atoms with E-state index in [0.29, 0.717) is 5.41 Å². The summed E-state index contributed by atoms with van der Waals surface area (Å²) in [4.78, 5) is 4.93. The van der Waals surface area contributed by atoms with Gasteiger partial charge in [0, 0.05) is 43.7 Å². The van der Waals surface area contributed by atoms with Gasteiger partial charge in [-0.15, -0.1) is 0 Å². The molecule has 2 fully saturated rings. The molecule has 1 aliphatic heterocycles. The highest BCUT2D eigenvalue weighted by molar-refractivity contribution is 9.09. The molecule has 1 aromatic carbocycles. The first-order valence-electron chi connectivity index (χ1n) is 7.00. The van der Waals surface area contributed by atoms with Gasteiger partial charge in [0.2, 0.25) is 0 Å². The summed E-state index contributed by atoms with van der Waals surface area (Å²) >= 11 is 3.64. The molecule has 19 heavy (non-hydrogen) atoms. The molecule has 0 atom stereocenters. The van der Waals surface area contributed by atoms with Crippen LogP contribution in [0.3, 0.4) is 0 Å². The van der Waals surface area contributed by atoms with Gasteiger partial charge in [-0.2, -0.15) is 0 Å². The highest BCUT2D eigenvalue weighted by atomic mass is 79.9. The fraction of sp³-hybridized carbons (Fsp3) is 0.600. The summed E-state index contributed by atoms with van der Waals surface area (Å²) in [6.45, 7) is 5.56. The molecule has 0 unspecified atom stereocenters. The molecule has 104 valence electrons. The van der Waals surface area contributed by atoms with Gasteiger partial charge < -0.3 is 4.90 Å². The van der Waals surface area contributed by atoms with Crippen LogP contribution in [-0.4, -0.2) is 43.0 Å². The summed E-state index contributed by atoms with van der Waals surface area (Å²) < 4.78 is 12.9. The molecule has 0 N–H and O–H groups in total. The van der Waals surface area contributed by atoms with E-state index in [9.17, 15) is 4.39 Å². The van der Waals surface area contributed by atoms with Gasteiger partial charge in [-0.05, 0) is 42.5 Å². The van der Waals surface area contributed by atoms with Crippen molar-refractivity contribution in [3.8, 4) is 0 Å². The third-order valence-electron chi connectivity index (χ3n) is 4.36. The predicted octanol–water partition coefficient (Wildman–Crippen LogP) is 3.12. The minimum Gasteiger partial charge on any atom is -0.369 e. The molecule has 0 radical (unpaired) electrons. The standard InChI is InChI=1S/C15H20BrFN2/c16-11-15(5-6-15)12-18-7-9-19(10-8-18)14-3-1-13(17)2-4-14/h1-4H,5-12H2. The molecule has 0 aromatic heterocycles. The van der Waals surface area contributed by atoms with Gasteiger partial charge in [-0.25, -0.2) is 4.39 Å². The number of piperazine rings is 1. The molecule has 1 saturated heterocycles. The molecule has 3 rings (SSSR count). The van der Waals surface area contributed by atoms with E-state index in [1.54, 1.807) is 12.1 Å². The molecule has 0 bridgehead atoms. The lowest BCUT2D eigenvalue weighted by atomic mass is 10.1. The fourth-order valence-electron chi connectivity index (χ4n) is 2.80. The maximum absolute atomic E-state index is 12.9. The van der Waals surface area contributed by atoms with Crippen LogP contribution in [0.1, 0.15) is 12.8 Å². The summed E-state index contributed by atoms with van der Waals surface area (Å²) in [6.07, 6.45) is 2.74. The van der Waals surface area contributed by atoms with Crippen molar-refractivity contribution < 1.29 is 4.39 Å². The Hall–Kier alpha value is -0.610. The van der Waals surface area contributed by atoms with E-state index in [-0.39, 0.29) is 5.82 Å². The minimum absolute atomic E-state index is 0.157. The average molecular weight is 327 g/mol. The van der Waals surface area contributed by atoms with Crippen LogP contribution < -0.4 is 4.90 Å². The van der Waals surface area contributed by atoms with Crippen molar-refractivity contribution in [3.63, 3.8) is 0 Å². The lowest BCUT2D eigenvalue weighted by Gasteiger charge is -2.37. The first-order valence-corrected chi connectivity index (χ1v) is 8.12. The van der Waals surface area contributed by atoms with E-state index in [1.807, 2.05) is 12.1 Å². The number of anilines is 1. The largest absolute Gasteiger partial charge is 0.369 e. The lowest BCUT2D eigenvalue weighted by molar-refractivity contribution is 0.218. The molecule has 0 spiro atoms. The van der Waals surface area contributed by atoms with Gasteiger partial charge in [-0.1, -0.05) is 15.9 Å². The maximum Gasteiger partial charge on any atom is 0.123 e. The molecule has 2 nitrogen and oxygen atoms in total. The number of benzene rings is 1. The summed E-state index contributed by atoms with van der Waals surface area (Å²) in [7, 11) is 0. The zero-order chi connectivity index (χ0) is 13.3. The van der Waals surface area contributed by atoms with Crippen LogP contribution in [0.4, 0.5) is 10.1 Å². The van der Waals surface area contributed by atoms with Gasteiger partial charge >= 0.3 is 0 Å². The Bertz CT molecular complexity index is 422. The molecule has 0 amide bonds. The summed E-state index contributed by atoms with van der Waals surface area (Å²) in [6, 6.07) is 6.86. The molecular weight excluding hydrogens is 307 g/mol. The van der Waals surface area contributed by atoms with Crippen LogP contribution >= 0.6 is 15.9 Å². The van der Waals surface area contributed by atoms with E-state index in [4.69, 9.17) is 0 Å². The maximum atomic E-state index is 12.9. The van der Waals surface area contributed by atoms with E-state index < -0.39 is 0 Å². The minimum atomic E-state index is -0.157. The molecule has 2 aliphatic rings. The first-order chi connectivity index (χ1) is 9.21. The van der Waals surface area contributed by atoms with Crippen molar-refractivity contribution in [2.75, 3.05) is 43.0 Å². The smallest absolute Gasteiger partial charge is 0.123 e. The second kappa shape index (κ2) is 5.41. The molecular formula is C15H20BrFN2. The fourth-order valence-corrected chi connectivity index (χ4v) is 3.54. The SMILES string of the molecule is Fc1ccc(N2CCN(CC3(CBr)CC3)CC2)cc1. The predicted molar refractivity (Wildman–Crippen MR) is 80.5 cm³/mol. The van der Waals surface area contributed by atoms with Crippen LogP contribution in [0, 0.1) is 11.2 Å². The Morgan fingerprint density at radius 2 is 1.68 bits per heavy atom. The number of alkyl halides is 1. The Kier molecular flexibility index (Phi) is 3.81. The number of rotatable bonds is 4. The van der Waals surface area contributed by atoms with Crippen LogP contribution in [0.25, 0.3) is 0 Å². The first kappa shape index (κ1) is 13.4. The second-order valence-electron chi connectivity index (χ2n) is 5.87. The van der Waals surface area contributed by atoms with Gasteiger partial charge in [0.1, 0.15) is 5.82 Å². The highest BCUT2D eigenvalue weighted by Crippen LogP contribution is 2.47. The Morgan fingerprint density at radius 3 is 2.21 bits per heavy atom. The van der Waals surface area contributed by atoms with Gasteiger partial charge in [0.25, 0.3) is 0 Å². The number of hydrogen-bond acceptors (Lipinski definition) is 2. The van der Waals surface area contributed by atoms with E-state index in [0.717, 1.165) is 37.2 Å². The van der Waals surface area contributed by atoms with Crippen molar-refractivity contribution in [1.29, 1.82) is 0 Å². The number of halogens is 2. The molecule has 1 heterocycles. The van der Waals surface area contributed by atoms with Crippen molar-refractivity contribution in [2.45, 2.75) is 12.8 Å². The Balaban J connectivity index is 1.53. The number of nitrogens with zero attached hydrogens (tertiary/aromatic N) is 2. The van der Waals surface area contributed by atoms with Crippen LogP contribution in [0.15, 0.2) is 24.3 Å². The molecule has 1 saturated carbocycles.